The van der Waals surface area contributed by atoms with E-state index in [4.69, 9.17) is 27.9 Å². The van der Waals surface area contributed by atoms with Gasteiger partial charge in [-0.05, 0) is 29.8 Å². The number of hydrogen-bond acceptors (Lipinski definition) is 4. The Bertz CT molecular complexity index is 973. The number of imidazole rings is 1. The number of aromatic amines is 1. The number of nitrogens with zero attached hydrogens (tertiary/aromatic N) is 1. The van der Waals surface area contributed by atoms with E-state index in [-0.39, 0.29) is 13.0 Å². The van der Waals surface area contributed by atoms with Crippen LogP contribution < -0.4 is 10.6 Å². The molecule has 0 bridgehead atoms. The molecule has 0 saturated carbocycles. The van der Waals surface area contributed by atoms with Crippen LogP contribution in [0.1, 0.15) is 11.4 Å². The van der Waals surface area contributed by atoms with Crippen molar-refractivity contribution in [2.45, 2.75) is 19.0 Å². The smallest absolute Gasteiger partial charge is 0.328 e. The van der Waals surface area contributed by atoms with Crippen molar-refractivity contribution >= 4 is 46.2 Å². The topological polar surface area (TPSA) is 96.1 Å². The molecule has 1 aromatic heterocycles. The van der Waals surface area contributed by atoms with E-state index in [0.29, 0.717) is 21.4 Å². The predicted octanol–water partition coefficient (Wildman–Crippen LogP) is 3.45. The highest BCUT2D eigenvalue weighted by Crippen LogP contribution is 2.22. The number of H-pyrrole nitrogens is 1. The van der Waals surface area contributed by atoms with Crippen LogP contribution in [-0.2, 0) is 22.5 Å². The third-order valence-electron chi connectivity index (χ3n) is 4.08. The van der Waals surface area contributed by atoms with Crippen molar-refractivity contribution in [2.75, 3.05) is 7.11 Å². The van der Waals surface area contributed by atoms with Crippen LogP contribution in [0.25, 0.3) is 11.0 Å². The van der Waals surface area contributed by atoms with Crippen LogP contribution in [0.4, 0.5) is 4.79 Å². The fourth-order valence-electron chi connectivity index (χ4n) is 2.71. The van der Waals surface area contributed by atoms with Gasteiger partial charge in [0.05, 0.1) is 24.7 Å². The molecular weight excluding hydrogens is 403 g/mol. The number of urea groups is 1. The lowest BCUT2D eigenvalue weighted by Gasteiger charge is -2.17. The highest BCUT2D eigenvalue weighted by Gasteiger charge is 2.23. The maximum Gasteiger partial charge on any atom is 0.328 e. The summed E-state index contributed by atoms with van der Waals surface area (Å²) >= 11 is 12.1. The van der Waals surface area contributed by atoms with E-state index >= 15 is 0 Å². The van der Waals surface area contributed by atoms with Crippen LogP contribution in [0.5, 0.6) is 0 Å². The quantitative estimate of drug-likeness (QED) is 0.532. The average Bonchev–Trinajstić information content (AvgIpc) is 3.10. The normalized spacial score (nSPS) is 11.8. The van der Waals surface area contributed by atoms with E-state index in [1.165, 1.54) is 7.11 Å². The molecule has 1 unspecified atom stereocenters. The molecule has 0 aliphatic heterocycles. The van der Waals surface area contributed by atoms with Crippen LogP contribution in [0.2, 0.25) is 10.0 Å². The first-order chi connectivity index (χ1) is 13.5. The Morgan fingerprint density at radius 2 is 2.00 bits per heavy atom. The number of benzene rings is 2. The van der Waals surface area contributed by atoms with Gasteiger partial charge in [-0.2, -0.15) is 0 Å². The Kier molecular flexibility index (Phi) is 6.38. The zero-order chi connectivity index (χ0) is 20.1. The number of amides is 2. The van der Waals surface area contributed by atoms with E-state index in [9.17, 15) is 9.59 Å². The number of para-hydroxylation sites is 2. The molecule has 1 heterocycles. The van der Waals surface area contributed by atoms with E-state index < -0.39 is 18.0 Å². The van der Waals surface area contributed by atoms with Gasteiger partial charge in [0.2, 0.25) is 0 Å². The van der Waals surface area contributed by atoms with Crippen molar-refractivity contribution in [3.63, 3.8) is 0 Å². The number of carbonyl (C=O) groups is 2. The van der Waals surface area contributed by atoms with Crippen molar-refractivity contribution < 1.29 is 14.3 Å². The molecule has 9 heteroatoms. The molecule has 0 spiro atoms. The molecule has 7 nitrogen and oxygen atoms in total. The third-order valence-corrected chi connectivity index (χ3v) is 4.67. The molecule has 1 atom stereocenters. The van der Waals surface area contributed by atoms with Gasteiger partial charge in [0.1, 0.15) is 11.9 Å². The highest BCUT2D eigenvalue weighted by atomic mass is 35.5. The summed E-state index contributed by atoms with van der Waals surface area (Å²) < 4.78 is 4.78. The number of rotatable bonds is 6. The van der Waals surface area contributed by atoms with Crippen LogP contribution in [0.15, 0.2) is 42.5 Å². The Hall–Kier alpha value is -2.77. The predicted molar refractivity (Wildman–Crippen MR) is 107 cm³/mol. The summed E-state index contributed by atoms with van der Waals surface area (Å²) in [6, 6.07) is 11.1. The number of esters is 1. The molecule has 0 radical (unpaired) electrons. The summed E-state index contributed by atoms with van der Waals surface area (Å²) in [5.41, 5.74) is 2.35. The molecule has 0 aliphatic carbocycles. The van der Waals surface area contributed by atoms with E-state index in [1.807, 2.05) is 24.3 Å². The minimum atomic E-state index is -0.903. The maximum absolute atomic E-state index is 12.3. The largest absolute Gasteiger partial charge is 0.467 e. The number of fused-ring (bicyclic) bond motifs is 1. The lowest BCUT2D eigenvalue weighted by molar-refractivity contribution is -0.142. The fourth-order valence-corrected chi connectivity index (χ4v) is 3.19. The SMILES string of the molecule is COC(=O)C(Cc1ccc(Cl)cc1Cl)NC(=O)NCc1nc2ccccc2[nH]1. The summed E-state index contributed by atoms with van der Waals surface area (Å²) in [5.74, 6) is 0.0246. The molecule has 0 fully saturated rings. The van der Waals surface area contributed by atoms with Gasteiger partial charge >= 0.3 is 12.0 Å². The van der Waals surface area contributed by atoms with Crippen LogP contribution >= 0.6 is 23.2 Å². The molecule has 146 valence electrons. The van der Waals surface area contributed by atoms with Crippen molar-refractivity contribution in [1.29, 1.82) is 0 Å². The van der Waals surface area contributed by atoms with E-state index in [0.717, 1.165) is 11.0 Å². The minimum absolute atomic E-state index is 0.167. The molecule has 0 saturated heterocycles. The average molecular weight is 421 g/mol. The molecule has 3 rings (SSSR count). The van der Waals surface area contributed by atoms with Crippen LogP contribution in [-0.4, -0.2) is 35.1 Å². The molecule has 3 aromatic rings. The van der Waals surface area contributed by atoms with Crippen molar-refractivity contribution in [1.82, 2.24) is 20.6 Å². The van der Waals surface area contributed by atoms with E-state index in [1.54, 1.807) is 18.2 Å². The summed E-state index contributed by atoms with van der Waals surface area (Å²) in [6.07, 6.45) is 0.167. The van der Waals surface area contributed by atoms with Gasteiger partial charge < -0.3 is 20.4 Å². The van der Waals surface area contributed by atoms with Gasteiger partial charge in [-0.3, -0.25) is 0 Å². The number of methoxy groups -OCH3 is 1. The van der Waals surface area contributed by atoms with Crippen molar-refractivity contribution in [2.24, 2.45) is 0 Å². The number of carbonyl (C=O) groups excluding carboxylic acids is 2. The lowest BCUT2D eigenvalue weighted by atomic mass is 10.1. The zero-order valence-electron chi connectivity index (χ0n) is 15.0. The van der Waals surface area contributed by atoms with Gasteiger partial charge in [0.25, 0.3) is 0 Å². The minimum Gasteiger partial charge on any atom is -0.467 e. The number of ether oxygens (including phenoxy) is 1. The first-order valence-electron chi connectivity index (χ1n) is 8.46. The first kappa shape index (κ1) is 20.0. The Balaban J connectivity index is 1.63. The number of nitrogens with one attached hydrogen (secondary N) is 3. The number of hydrogen-bond donors (Lipinski definition) is 3. The molecule has 2 amide bonds. The summed E-state index contributed by atoms with van der Waals surface area (Å²) in [5, 5.41) is 6.17. The molecule has 28 heavy (non-hydrogen) atoms. The second kappa shape index (κ2) is 8.95. The second-order valence-electron chi connectivity index (χ2n) is 6.04. The van der Waals surface area contributed by atoms with Gasteiger partial charge in [0.15, 0.2) is 0 Å². The Morgan fingerprint density at radius 3 is 2.71 bits per heavy atom. The summed E-state index contributed by atoms with van der Waals surface area (Å²) in [6.45, 7) is 0.177. The summed E-state index contributed by atoms with van der Waals surface area (Å²) in [7, 11) is 1.26. The summed E-state index contributed by atoms with van der Waals surface area (Å²) in [4.78, 5) is 31.8. The Labute approximate surface area is 171 Å². The monoisotopic (exact) mass is 420 g/mol. The number of halogens is 2. The van der Waals surface area contributed by atoms with Gasteiger partial charge in [0, 0.05) is 16.5 Å². The Morgan fingerprint density at radius 1 is 1.21 bits per heavy atom. The van der Waals surface area contributed by atoms with Crippen molar-refractivity contribution in [3.8, 4) is 0 Å². The first-order valence-corrected chi connectivity index (χ1v) is 9.21. The third kappa shape index (κ3) is 4.94. The molecular formula is C19H18Cl2N4O3. The second-order valence-corrected chi connectivity index (χ2v) is 6.89. The zero-order valence-corrected chi connectivity index (χ0v) is 16.5. The van der Waals surface area contributed by atoms with Gasteiger partial charge in [-0.15, -0.1) is 0 Å². The number of aromatic nitrogens is 2. The van der Waals surface area contributed by atoms with E-state index in [2.05, 4.69) is 20.6 Å². The van der Waals surface area contributed by atoms with Crippen LogP contribution in [0.3, 0.4) is 0 Å². The van der Waals surface area contributed by atoms with Crippen LogP contribution in [0, 0.1) is 0 Å². The fraction of sp³-hybridized carbons (Fsp3) is 0.211. The molecule has 3 N–H and O–H groups in total. The molecule has 2 aromatic carbocycles. The van der Waals surface area contributed by atoms with Gasteiger partial charge in [-0.1, -0.05) is 41.4 Å². The van der Waals surface area contributed by atoms with Crippen molar-refractivity contribution in [3.05, 3.63) is 63.9 Å². The maximum atomic E-state index is 12.3. The highest BCUT2D eigenvalue weighted by molar-refractivity contribution is 6.35. The standard InChI is InChI=1S/C19H18Cl2N4O3/c1-28-18(26)16(8-11-6-7-12(20)9-13(11)21)25-19(27)22-10-17-23-14-4-2-3-5-15(14)24-17/h2-7,9,16H,8,10H2,1H3,(H,23,24)(H2,22,25,27). The lowest BCUT2D eigenvalue weighted by Crippen LogP contribution is -2.47. The van der Waals surface area contributed by atoms with Gasteiger partial charge in [-0.25, -0.2) is 14.6 Å². The molecule has 0 aliphatic rings.